The van der Waals surface area contributed by atoms with Gasteiger partial charge >= 0.3 is 5.97 Å². The van der Waals surface area contributed by atoms with Crippen molar-refractivity contribution in [1.82, 2.24) is 14.8 Å². The Morgan fingerprint density at radius 1 is 1.29 bits per heavy atom. The normalized spacial score (nSPS) is 24.3. The van der Waals surface area contributed by atoms with Crippen molar-refractivity contribution in [3.05, 3.63) is 24.0 Å². The molecule has 112 valence electrons. The summed E-state index contributed by atoms with van der Waals surface area (Å²) in [5, 5.41) is 11.5. The number of hydrogen-bond acceptors (Lipinski definition) is 4. The Hall–Kier alpha value is -2.15. The fourth-order valence-corrected chi connectivity index (χ4v) is 3.20. The summed E-state index contributed by atoms with van der Waals surface area (Å²) in [6.45, 7) is 1.38. The van der Waals surface area contributed by atoms with Gasteiger partial charge in [-0.25, -0.2) is 4.79 Å². The average Bonchev–Trinajstić information content (AvgIpc) is 3.05. The number of piperidine rings is 1. The second kappa shape index (κ2) is 5.33. The first kappa shape index (κ1) is 13.8. The molecule has 2 aliphatic rings. The first-order valence-corrected chi connectivity index (χ1v) is 7.04. The Morgan fingerprint density at radius 3 is 2.57 bits per heavy atom. The van der Waals surface area contributed by atoms with Crippen LogP contribution in [0.25, 0.3) is 0 Å². The van der Waals surface area contributed by atoms with E-state index in [0.717, 1.165) is 12.8 Å². The van der Waals surface area contributed by atoms with Crippen LogP contribution in [-0.2, 0) is 9.59 Å². The number of carboxylic acid groups (broad SMARTS) is 1. The molecular formula is C14H17N3O4. The molecule has 0 radical (unpaired) electrons. The topological polar surface area (TPSA) is 91.6 Å². The summed E-state index contributed by atoms with van der Waals surface area (Å²) in [5.74, 6) is -1.36. The van der Waals surface area contributed by atoms with Crippen LogP contribution in [0.3, 0.4) is 0 Å². The van der Waals surface area contributed by atoms with Gasteiger partial charge in [0.1, 0.15) is 5.69 Å². The fourth-order valence-electron chi connectivity index (χ4n) is 3.20. The van der Waals surface area contributed by atoms with Crippen LogP contribution >= 0.6 is 0 Å². The van der Waals surface area contributed by atoms with Crippen LogP contribution < -0.4 is 5.32 Å². The maximum absolute atomic E-state index is 11.7. The van der Waals surface area contributed by atoms with E-state index in [1.165, 1.54) is 0 Å². The van der Waals surface area contributed by atoms with E-state index in [2.05, 4.69) is 5.32 Å². The summed E-state index contributed by atoms with van der Waals surface area (Å²) in [5.41, 5.74) is 0.294. The molecule has 1 unspecified atom stereocenters. The number of nitrogens with one attached hydrogen (secondary N) is 1. The van der Waals surface area contributed by atoms with Crippen molar-refractivity contribution in [3.8, 4) is 0 Å². The second-order valence-corrected chi connectivity index (χ2v) is 5.51. The van der Waals surface area contributed by atoms with Gasteiger partial charge in [0, 0.05) is 25.3 Å². The lowest BCUT2D eigenvalue weighted by Crippen LogP contribution is -2.45. The molecular weight excluding hydrogens is 274 g/mol. The van der Waals surface area contributed by atoms with Gasteiger partial charge in [-0.2, -0.15) is 0 Å². The molecule has 1 atom stereocenters. The van der Waals surface area contributed by atoms with Gasteiger partial charge in [-0.3, -0.25) is 19.8 Å². The molecule has 21 heavy (non-hydrogen) atoms. The number of imide groups is 1. The number of carbonyl (C=O) groups excluding carboxylic acids is 2. The number of carbonyl (C=O) groups is 3. The van der Waals surface area contributed by atoms with Crippen LogP contribution in [0.2, 0.25) is 0 Å². The first-order valence-electron chi connectivity index (χ1n) is 7.04. The van der Waals surface area contributed by atoms with E-state index in [0.29, 0.717) is 18.8 Å². The van der Waals surface area contributed by atoms with Crippen molar-refractivity contribution in [2.24, 2.45) is 0 Å². The molecule has 2 fully saturated rings. The quantitative estimate of drug-likeness (QED) is 0.778. The van der Waals surface area contributed by atoms with E-state index in [1.54, 1.807) is 22.9 Å². The Morgan fingerprint density at radius 2 is 2.00 bits per heavy atom. The zero-order chi connectivity index (χ0) is 15.0. The molecule has 1 aromatic rings. The van der Waals surface area contributed by atoms with E-state index in [4.69, 9.17) is 5.11 Å². The molecule has 1 aromatic heterocycles. The van der Waals surface area contributed by atoms with Gasteiger partial charge in [0.15, 0.2) is 0 Å². The molecule has 3 rings (SSSR count). The smallest absolute Gasteiger partial charge is 0.352 e. The van der Waals surface area contributed by atoms with E-state index in [9.17, 15) is 14.4 Å². The molecule has 0 aliphatic carbocycles. The van der Waals surface area contributed by atoms with Crippen LogP contribution in [0.15, 0.2) is 18.3 Å². The summed E-state index contributed by atoms with van der Waals surface area (Å²) < 4.78 is 1.79. The van der Waals surface area contributed by atoms with E-state index < -0.39 is 5.97 Å². The van der Waals surface area contributed by atoms with Crippen LogP contribution in [0.1, 0.15) is 35.8 Å². The maximum Gasteiger partial charge on any atom is 0.352 e. The minimum atomic E-state index is -0.928. The Labute approximate surface area is 121 Å². The van der Waals surface area contributed by atoms with Crippen molar-refractivity contribution < 1.29 is 19.5 Å². The van der Waals surface area contributed by atoms with Crippen molar-refractivity contribution in [3.63, 3.8) is 0 Å². The number of aromatic nitrogens is 1. The minimum absolute atomic E-state index is 0.127. The molecule has 3 heterocycles. The number of likely N-dealkylation sites (tertiary alicyclic amines) is 1. The summed E-state index contributed by atoms with van der Waals surface area (Å²) in [6.07, 6.45) is 3.56. The van der Waals surface area contributed by atoms with Gasteiger partial charge in [0.25, 0.3) is 0 Å². The number of aromatic carboxylic acids is 1. The molecule has 2 aliphatic heterocycles. The van der Waals surface area contributed by atoms with E-state index in [-0.39, 0.29) is 30.3 Å². The van der Waals surface area contributed by atoms with Crippen molar-refractivity contribution in [1.29, 1.82) is 0 Å². The molecule has 0 saturated carbocycles. The maximum atomic E-state index is 11.7. The summed E-state index contributed by atoms with van der Waals surface area (Å²) in [7, 11) is 0. The van der Waals surface area contributed by atoms with Gasteiger partial charge in [0.05, 0.1) is 12.5 Å². The van der Waals surface area contributed by atoms with Crippen LogP contribution in [0.5, 0.6) is 0 Å². The van der Waals surface area contributed by atoms with Gasteiger partial charge in [-0.15, -0.1) is 0 Å². The highest BCUT2D eigenvalue weighted by Crippen LogP contribution is 2.27. The van der Waals surface area contributed by atoms with Gasteiger partial charge in [0.2, 0.25) is 11.8 Å². The molecule has 2 amide bonds. The highest BCUT2D eigenvalue weighted by atomic mass is 16.4. The average molecular weight is 291 g/mol. The Kier molecular flexibility index (Phi) is 3.50. The molecule has 0 aromatic carbocycles. The third kappa shape index (κ3) is 2.56. The Balaban J connectivity index is 1.65. The van der Waals surface area contributed by atoms with Crippen LogP contribution in [0, 0.1) is 0 Å². The zero-order valence-electron chi connectivity index (χ0n) is 11.5. The lowest BCUT2D eigenvalue weighted by Gasteiger charge is -2.35. The van der Waals surface area contributed by atoms with E-state index in [1.807, 2.05) is 4.90 Å². The van der Waals surface area contributed by atoms with Gasteiger partial charge in [-0.05, 0) is 25.0 Å². The lowest BCUT2D eigenvalue weighted by molar-refractivity contribution is -0.126. The monoisotopic (exact) mass is 291 g/mol. The highest BCUT2D eigenvalue weighted by molar-refractivity contribution is 6.05. The third-order valence-electron chi connectivity index (χ3n) is 4.28. The molecule has 0 spiro atoms. The second-order valence-electron chi connectivity index (χ2n) is 5.51. The third-order valence-corrected chi connectivity index (χ3v) is 4.28. The lowest BCUT2D eigenvalue weighted by atomic mass is 10.0. The molecule has 2 saturated heterocycles. The predicted octanol–water partition coefficient (Wildman–Crippen LogP) is 0.238. The van der Waals surface area contributed by atoms with Crippen LogP contribution in [0.4, 0.5) is 0 Å². The zero-order valence-corrected chi connectivity index (χ0v) is 11.5. The predicted molar refractivity (Wildman–Crippen MR) is 72.8 cm³/mol. The van der Waals surface area contributed by atoms with Gasteiger partial charge in [-0.1, -0.05) is 0 Å². The number of carboxylic acids is 1. The number of nitrogens with zero attached hydrogens (tertiary/aromatic N) is 2. The summed E-state index contributed by atoms with van der Waals surface area (Å²) >= 11 is 0. The SMILES string of the molecule is O=C1CC(N2CCC(n3cccc3C(=O)O)CC2)C(=O)N1. The summed E-state index contributed by atoms with van der Waals surface area (Å²) in [6, 6.07) is 3.10. The fraction of sp³-hybridized carbons (Fsp3) is 0.500. The Bertz CT molecular complexity index is 587. The van der Waals surface area contributed by atoms with Gasteiger partial charge < -0.3 is 9.67 Å². The minimum Gasteiger partial charge on any atom is -0.477 e. The number of hydrogen-bond donors (Lipinski definition) is 2. The number of rotatable bonds is 3. The van der Waals surface area contributed by atoms with Crippen molar-refractivity contribution >= 4 is 17.8 Å². The molecule has 0 bridgehead atoms. The highest BCUT2D eigenvalue weighted by Gasteiger charge is 2.37. The van der Waals surface area contributed by atoms with E-state index >= 15 is 0 Å². The molecule has 7 heteroatoms. The molecule has 2 N–H and O–H groups in total. The standard InChI is InChI=1S/C14H17N3O4/c18-12-8-11(13(19)15-12)16-6-3-9(4-7-16)17-5-1-2-10(17)14(20)21/h1-2,5,9,11H,3-4,6-8H2,(H,20,21)(H,15,18,19). The number of amides is 2. The first-order chi connectivity index (χ1) is 10.1. The summed E-state index contributed by atoms with van der Waals surface area (Å²) in [4.78, 5) is 36.1. The van der Waals surface area contributed by atoms with Crippen molar-refractivity contribution in [2.45, 2.75) is 31.3 Å². The molecule has 7 nitrogen and oxygen atoms in total. The largest absolute Gasteiger partial charge is 0.477 e. The van der Waals surface area contributed by atoms with Crippen LogP contribution in [-0.4, -0.2) is 51.5 Å². The van der Waals surface area contributed by atoms with Crippen molar-refractivity contribution in [2.75, 3.05) is 13.1 Å².